The Kier molecular flexibility index (Phi) is 3.98. The quantitative estimate of drug-likeness (QED) is 0.892. The maximum Gasteiger partial charge on any atom is 0.157 e. The standard InChI is InChI=1S/C12H15BrN2OS2/c13-9-1-6-17-10(9)7-14-11-15-12(8-18-11)2-4-16-5-3-12/h1,6H,2-5,7-8H2,(H,14,15). The van der Waals surface area contributed by atoms with Crippen molar-refractivity contribution in [2.75, 3.05) is 19.0 Å². The van der Waals surface area contributed by atoms with E-state index in [1.54, 1.807) is 11.3 Å². The van der Waals surface area contributed by atoms with Gasteiger partial charge in [-0.05, 0) is 40.2 Å². The van der Waals surface area contributed by atoms with E-state index in [9.17, 15) is 0 Å². The Morgan fingerprint density at radius 3 is 3.00 bits per heavy atom. The predicted molar refractivity (Wildman–Crippen MR) is 81.5 cm³/mol. The summed E-state index contributed by atoms with van der Waals surface area (Å²) in [6.07, 6.45) is 2.20. The fourth-order valence-corrected chi connectivity index (χ4v) is 4.82. The molecule has 18 heavy (non-hydrogen) atoms. The molecule has 6 heteroatoms. The Morgan fingerprint density at radius 1 is 1.44 bits per heavy atom. The van der Waals surface area contributed by atoms with Gasteiger partial charge in [0.1, 0.15) is 0 Å². The molecule has 2 fully saturated rings. The second-order valence-corrected chi connectivity index (χ2v) is 7.44. The van der Waals surface area contributed by atoms with Crippen LogP contribution in [-0.2, 0) is 11.3 Å². The lowest BCUT2D eigenvalue weighted by atomic mass is 9.93. The highest BCUT2D eigenvalue weighted by molar-refractivity contribution is 9.10. The average molecular weight is 347 g/mol. The molecule has 1 N–H and O–H groups in total. The minimum Gasteiger partial charge on any atom is -0.381 e. The number of halogens is 1. The molecule has 0 atom stereocenters. The Labute approximate surface area is 124 Å². The van der Waals surface area contributed by atoms with Crippen LogP contribution < -0.4 is 5.32 Å². The third kappa shape index (κ3) is 2.76. The van der Waals surface area contributed by atoms with Crippen molar-refractivity contribution in [3.8, 4) is 0 Å². The van der Waals surface area contributed by atoms with Crippen molar-refractivity contribution >= 4 is 44.2 Å². The van der Waals surface area contributed by atoms with Crippen molar-refractivity contribution in [2.45, 2.75) is 24.9 Å². The Morgan fingerprint density at radius 2 is 2.28 bits per heavy atom. The zero-order chi connectivity index (χ0) is 12.4. The molecule has 2 saturated heterocycles. The topological polar surface area (TPSA) is 33.6 Å². The van der Waals surface area contributed by atoms with Gasteiger partial charge in [-0.3, -0.25) is 4.99 Å². The molecule has 1 aromatic rings. The van der Waals surface area contributed by atoms with E-state index in [2.05, 4.69) is 37.7 Å². The fraction of sp³-hybridized carbons (Fsp3) is 0.583. The van der Waals surface area contributed by atoms with E-state index >= 15 is 0 Å². The normalized spacial score (nSPS) is 24.6. The van der Waals surface area contributed by atoms with Gasteiger partial charge in [0, 0.05) is 28.3 Å². The van der Waals surface area contributed by atoms with Gasteiger partial charge in [-0.25, -0.2) is 0 Å². The van der Waals surface area contributed by atoms with Crippen molar-refractivity contribution in [2.24, 2.45) is 4.99 Å². The summed E-state index contributed by atoms with van der Waals surface area (Å²) in [5.41, 5.74) is 0.244. The monoisotopic (exact) mass is 346 g/mol. The second-order valence-electron chi connectivity index (χ2n) is 4.62. The Balaban J connectivity index is 1.63. The second kappa shape index (κ2) is 5.53. The van der Waals surface area contributed by atoms with Gasteiger partial charge in [-0.2, -0.15) is 0 Å². The average Bonchev–Trinajstić information content (AvgIpc) is 2.96. The molecule has 1 spiro atoms. The van der Waals surface area contributed by atoms with Crippen LogP contribution in [0.2, 0.25) is 0 Å². The van der Waals surface area contributed by atoms with Gasteiger partial charge in [0.05, 0.1) is 12.1 Å². The van der Waals surface area contributed by atoms with Crippen molar-refractivity contribution in [1.82, 2.24) is 5.32 Å². The molecular formula is C12H15BrN2OS2. The number of hydrogen-bond donors (Lipinski definition) is 1. The summed E-state index contributed by atoms with van der Waals surface area (Å²) < 4.78 is 6.60. The molecule has 0 saturated carbocycles. The number of amidine groups is 1. The first kappa shape index (κ1) is 13.0. The SMILES string of the molecule is Brc1ccsc1CN=C1NC2(CCOCC2)CS1. The Hall–Kier alpha value is -0.0400. The number of hydrogen-bond acceptors (Lipinski definition) is 4. The largest absolute Gasteiger partial charge is 0.381 e. The van der Waals surface area contributed by atoms with Crippen LogP contribution in [0.15, 0.2) is 20.9 Å². The molecule has 0 amide bonds. The molecular weight excluding hydrogens is 332 g/mol. The van der Waals surface area contributed by atoms with Crippen molar-refractivity contribution in [3.05, 3.63) is 20.8 Å². The van der Waals surface area contributed by atoms with Crippen LogP contribution in [0.5, 0.6) is 0 Å². The predicted octanol–water partition coefficient (Wildman–Crippen LogP) is 3.25. The summed E-state index contributed by atoms with van der Waals surface area (Å²) in [7, 11) is 0. The van der Waals surface area contributed by atoms with Crippen molar-refractivity contribution in [1.29, 1.82) is 0 Å². The minimum absolute atomic E-state index is 0.244. The number of ether oxygens (including phenoxy) is 1. The third-order valence-electron chi connectivity index (χ3n) is 3.36. The van der Waals surface area contributed by atoms with Gasteiger partial charge in [-0.1, -0.05) is 11.8 Å². The molecule has 3 rings (SSSR count). The zero-order valence-corrected chi connectivity index (χ0v) is 13.2. The lowest BCUT2D eigenvalue weighted by Crippen LogP contribution is -2.48. The number of thiophene rings is 1. The smallest absolute Gasteiger partial charge is 0.157 e. The van der Waals surface area contributed by atoms with E-state index < -0.39 is 0 Å². The van der Waals surface area contributed by atoms with Gasteiger partial charge in [-0.15, -0.1) is 11.3 Å². The molecule has 0 aliphatic carbocycles. The van der Waals surface area contributed by atoms with E-state index in [4.69, 9.17) is 4.74 Å². The summed E-state index contributed by atoms with van der Waals surface area (Å²) in [4.78, 5) is 5.97. The molecule has 2 aliphatic heterocycles. The molecule has 0 radical (unpaired) electrons. The first-order valence-electron chi connectivity index (χ1n) is 6.03. The first-order valence-corrected chi connectivity index (χ1v) is 8.68. The maximum absolute atomic E-state index is 5.43. The molecule has 2 aliphatic rings. The molecule has 3 nitrogen and oxygen atoms in total. The highest BCUT2D eigenvalue weighted by Crippen LogP contribution is 2.32. The molecule has 0 bridgehead atoms. The van der Waals surface area contributed by atoms with Crippen LogP contribution in [0, 0.1) is 0 Å². The van der Waals surface area contributed by atoms with Crippen LogP contribution in [0.3, 0.4) is 0 Å². The van der Waals surface area contributed by atoms with Gasteiger partial charge in [0.2, 0.25) is 0 Å². The highest BCUT2D eigenvalue weighted by atomic mass is 79.9. The van der Waals surface area contributed by atoms with E-state index in [-0.39, 0.29) is 5.54 Å². The van der Waals surface area contributed by atoms with E-state index in [0.29, 0.717) is 0 Å². The summed E-state index contributed by atoms with van der Waals surface area (Å²) in [5.74, 6) is 1.13. The van der Waals surface area contributed by atoms with Crippen LogP contribution in [-0.4, -0.2) is 29.7 Å². The first-order chi connectivity index (χ1) is 8.77. The van der Waals surface area contributed by atoms with Crippen LogP contribution >= 0.6 is 39.0 Å². The number of thioether (sulfide) groups is 1. The van der Waals surface area contributed by atoms with Gasteiger partial charge >= 0.3 is 0 Å². The summed E-state index contributed by atoms with van der Waals surface area (Å²) in [6.45, 7) is 2.51. The Bertz CT molecular complexity index is 455. The zero-order valence-electron chi connectivity index (χ0n) is 9.95. The summed E-state index contributed by atoms with van der Waals surface area (Å²) in [5, 5.41) is 6.80. The summed E-state index contributed by atoms with van der Waals surface area (Å²) in [6, 6.07) is 2.08. The molecule has 0 aromatic carbocycles. The highest BCUT2D eigenvalue weighted by Gasteiger charge is 2.38. The number of rotatable bonds is 2. The number of nitrogens with one attached hydrogen (secondary N) is 1. The lowest BCUT2D eigenvalue weighted by Gasteiger charge is -2.32. The molecule has 3 heterocycles. The minimum atomic E-state index is 0.244. The number of nitrogens with zero attached hydrogens (tertiary/aromatic N) is 1. The molecule has 0 unspecified atom stereocenters. The fourth-order valence-electron chi connectivity index (χ4n) is 2.20. The molecule has 98 valence electrons. The van der Waals surface area contributed by atoms with Crippen LogP contribution in [0.4, 0.5) is 0 Å². The van der Waals surface area contributed by atoms with Gasteiger partial charge in [0.25, 0.3) is 0 Å². The number of aliphatic imine (C=N–C) groups is 1. The van der Waals surface area contributed by atoms with Crippen molar-refractivity contribution in [3.63, 3.8) is 0 Å². The maximum atomic E-state index is 5.43. The summed E-state index contributed by atoms with van der Waals surface area (Å²) >= 11 is 7.14. The molecule has 1 aromatic heterocycles. The van der Waals surface area contributed by atoms with E-state index in [1.807, 2.05) is 11.8 Å². The van der Waals surface area contributed by atoms with Crippen LogP contribution in [0.1, 0.15) is 17.7 Å². The van der Waals surface area contributed by atoms with Crippen molar-refractivity contribution < 1.29 is 4.74 Å². The van der Waals surface area contributed by atoms with Gasteiger partial charge < -0.3 is 10.1 Å². The van der Waals surface area contributed by atoms with E-state index in [1.165, 1.54) is 9.35 Å². The van der Waals surface area contributed by atoms with E-state index in [0.717, 1.165) is 43.5 Å². The lowest BCUT2D eigenvalue weighted by molar-refractivity contribution is 0.0555. The third-order valence-corrected chi connectivity index (χ3v) is 6.48. The van der Waals surface area contributed by atoms with Crippen LogP contribution in [0.25, 0.3) is 0 Å². The van der Waals surface area contributed by atoms with Gasteiger partial charge in [0.15, 0.2) is 5.17 Å².